The molecule has 96 valence electrons. The summed E-state index contributed by atoms with van der Waals surface area (Å²) in [5.41, 5.74) is 0. The average molecular weight is 234 g/mol. The lowest BCUT2D eigenvalue weighted by Crippen LogP contribution is -2.01. The van der Waals surface area contributed by atoms with E-state index in [0.717, 1.165) is 19.3 Å². The van der Waals surface area contributed by atoms with Gasteiger partial charge in [0.2, 0.25) is 0 Å². The van der Waals surface area contributed by atoms with Crippen molar-refractivity contribution in [2.45, 2.75) is 46.5 Å². The van der Waals surface area contributed by atoms with Gasteiger partial charge in [0, 0.05) is 13.3 Å². The number of esters is 1. The van der Waals surface area contributed by atoms with Gasteiger partial charge in [-0.25, -0.2) is 4.79 Å². The highest BCUT2D eigenvalue weighted by atomic mass is 17.2. The molecule has 5 nitrogen and oxygen atoms in total. The smallest absolute Gasteiger partial charge is 0.342 e. The van der Waals surface area contributed by atoms with Gasteiger partial charge < -0.3 is 4.74 Å². The molecule has 0 aromatic rings. The van der Waals surface area contributed by atoms with Crippen LogP contribution in [0.3, 0.4) is 0 Å². The van der Waals surface area contributed by atoms with Crippen LogP contribution in [0.4, 0.5) is 0 Å². The molecule has 0 aliphatic carbocycles. The SMILES string of the molecule is CCCCC(=O)OOC.CCCOC(C)=O. The van der Waals surface area contributed by atoms with Crippen LogP contribution >= 0.6 is 0 Å². The number of hydrogen-bond acceptors (Lipinski definition) is 5. The van der Waals surface area contributed by atoms with Crippen LogP contribution in [0.15, 0.2) is 0 Å². The predicted octanol–water partition coefficient (Wildman–Crippen LogP) is 2.24. The van der Waals surface area contributed by atoms with Gasteiger partial charge >= 0.3 is 11.9 Å². The summed E-state index contributed by atoms with van der Waals surface area (Å²) in [5.74, 6) is -0.485. The molecule has 0 saturated heterocycles. The molecule has 0 amide bonds. The first-order valence-electron chi connectivity index (χ1n) is 5.45. The van der Waals surface area contributed by atoms with Crippen LogP contribution in [0.1, 0.15) is 46.5 Å². The van der Waals surface area contributed by atoms with Crippen molar-refractivity contribution in [1.82, 2.24) is 0 Å². The van der Waals surface area contributed by atoms with E-state index < -0.39 is 0 Å². The standard InChI is InChI=1S/C6H12O3.C5H10O2/c1-3-4-5-6(7)9-8-2;1-3-4-7-5(2)6/h3-5H2,1-2H3;3-4H2,1-2H3. The van der Waals surface area contributed by atoms with Gasteiger partial charge in [-0.15, -0.1) is 0 Å². The second-order valence-electron chi connectivity index (χ2n) is 3.07. The van der Waals surface area contributed by atoms with Crippen molar-refractivity contribution < 1.29 is 24.1 Å². The molecule has 0 spiro atoms. The molecule has 0 aromatic heterocycles. The largest absolute Gasteiger partial charge is 0.466 e. The maximum Gasteiger partial charge on any atom is 0.342 e. The van der Waals surface area contributed by atoms with Gasteiger partial charge in [-0.2, -0.15) is 4.89 Å². The maximum atomic E-state index is 10.5. The molecule has 0 bridgehead atoms. The second kappa shape index (κ2) is 13.9. The van der Waals surface area contributed by atoms with Crippen LogP contribution in [0.25, 0.3) is 0 Å². The molecule has 0 aliphatic rings. The van der Waals surface area contributed by atoms with Crippen LogP contribution in [-0.4, -0.2) is 25.7 Å². The minimum atomic E-state index is -0.292. The Kier molecular flexibility index (Phi) is 15.0. The molecule has 0 unspecified atom stereocenters. The minimum absolute atomic E-state index is 0.193. The zero-order valence-corrected chi connectivity index (χ0v) is 10.6. The fraction of sp³-hybridized carbons (Fsp3) is 0.818. The van der Waals surface area contributed by atoms with E-state index in [9.17, 15) is 9.59 Å². The van der Waals surface area contributed by atoms with Crippen molar-refractivity contribution in [3.63, 3.8) is 0 Å². The summed E-state index contributed by atoms with van der Waals surface area (Å²) in [6, 6.07) is 0. The van der Waals surface area contributed by atoms with Gasteiger partial charge in [0.1, 0.15) is 0 Å². The third-order valence-electron chi connectivity index (χ3n) is 1.42. The van der Waals surface area contributed by atoms with E-state index in [2.05, 4.69) is 14.5 Å². The van der Waals surface area contributed by atoms with Crippen molar-refractivity contribution in [3.8, 4) is 0 Å². The summed E-state index contributed by atoms with van der Waals surface area (Å²) in [6.45, 7) is 5.94. The lowest BCUT2D eigenvalue weighted by atomic mass is 10.3. The fourth-order valence-corrected chi connectivity index (χ4v) is 0.702. The predicted molar refractivity (Wildman–Crippen MR) is 59.6 cm³/mol. The van der Waals surface area contributed by atoms with E-state index in [-0.39, 0.29) is 11.9 Å². The third kappa shape index (κ3) is 18.6. The summed E-state index contributed by atoms with van der Waals surface area (Å²) in [5, 5.41) is 0. The topological polar surface area (TPSA) is 61.8 Å². The first-order valence-corrected chi connectivity index (χ1v) is 5.45. The number of rotatable bonds is 6. The summed E-state index contributed by atoms with van der Waals surface area (Å²) < 4.78 is 4.55. The molecule has 5 heteroatoms. The molecule has 0 radical (unpaired) electrons. The number of hydrogen-bond donors (Lipinski definition) is 0. The zero-order valence-electron chi connectivity index (χ0n) is 10.6. The molecule has 0 aliphatic heterocycles. The number of unbranched alkanes of at least 4 members (excludes halogenated alkanes) is 1. The zero-order chi connectivity index (χ0) is 12.8. The van der Waals surface area contributed by atoms with E-state index in [1.165, 1.54) is 14.0 Å². The number of carbonyl (C=O) groups is 2. The molecule has 0 saturated carbocycles. The highest BCUT2D eigenvalue weighted by Gasteiger charge is 1.99. The first-order chi connectivity index (χ1) is 7.58. The molecule has 0 N–H and O–H groups in total. The molecule has 0 rings (SSSR count). The Bertz CT molecular complexity index is 179. The molecule has 0 atom stereocenters. The summed E-state index contributed by atoms with van der Waals surface area (Å²) in [6.07, 6.45) is 3.21. The van der Waals surface area contributed by atoms with Gasteiger partial charge in [-0.1, -0.05) is 20.3 Å². The Hall–Kier alpha value is -1.10. The van der Waals surface area contributed by atoms with Crippen LogP contribution < -0.4 is 0 Å². The summed E-state index contributed by atoms with van der Waals surface area (Å²) in [7, 11) is 1.32. The van der Waals surface area contributed by atoms with Crippen molar-refractivity contribution >= 4 is 11.9 Å². The Balaban J connectivity index is 0. The van der Waals surface area contributed by atoms with Crippen LogP contribution in [-0.2, 0) is 24.1 Å². The van der Waals surface area contributed by atoms with E-state index >= 15 is 0 Å². The molecule has 0 aromatic carbocycles. The van der Waals surface area contributed by atoms with E-state index in [4.69, 9.17) is 0 Å². The Morgan fingerprint density at radius 2 is 1.75 bits per heavy atom. The maximum absolute atomic E-state index is 10.5. The van der Waals surface area contributed by atoms with E-state index in [0.29, 0.717) is 13.0 Å². The van der Waals surface area contributed by atoms with Crippen molar-refractivity contribution in [2.75, 3.05) is 13.7 Å². The first kappa shape index (κ1) is 17.3. The van der Waals surface area contributed by atoms with Crippen molar-refractivity contribution in [3.05, 3.63) is 0 Å². The van der Waals surface area contributed by atoms with Gasteiger partial charge in [0.15, 0.2) is 0 Å². The van der Waals surface area contributed by atoms with Crippen LogP contribution in [0, 0.1) is 0 Å². The minimum Gasteiger partial charge on any atom is -0.466 e. The third-order valence-corrected chi connectivity index (χ3v) is 1.42. The monoisotopic (exact) mass is 234 g/mol. The van der Waals surface area contributed by atoms with E-state index in [1.807, 2.05) is 13.8 Å². The summed E-state index contributed by atoms with van der Waals surface area (Å²) in [4.78, 5) is 28.8. The Morgan fingerprint density at radius 3 is 2.06 bits per heavy atom. The Labute approximate surface area is 97.0 Å². The second-order valence-corrected chi connectivity index (χ2v) is 3.07. The van der Waals surface area contributed by atoms with Gasteiger partial charge in [0.05, 0.1) is 13.7 Å². The fourth-order valence-electron chi connectivity index (χ4n) is 0.702. The molecule has 0 heterocycles. The quantitative estimate of drug-likeness (QED) is 0.400. The van der Waals surface area contributed by atoms with E-state index in [1.54, 1.807) is 0 Å². The highest BCUT2D eigenvalue weighted by molar-refractivity contribution is 5.68. The number of ether oxygens (including phenoxy) is 1. The van der Waals surface area contributed by atoms with Crippen molar-refractivity contribution in [1.29, 1.82) is 0 Å². The molecular formula is C11H22O5. The van der Waals surface area contributed by atoms with Crippen molar-refractivity contribution in [2.24, 2.45) is 0 Å². The van der Waals surface area contributed by atoms with Gasteiger partial charge in [-0.05, 0) is 12.8 Å². The normalized spacial score (nSPS) is 8.75. The molecular weight excluding hydrogens is 212 g/mol. The van der Waals surface area contributed by atoms with Crippen LogP contribution in [0.5, 0.6) is 0 Å². The lowest BCUT2D eigenvalue weighted by Gasteiger charge is -1.96. The molecule has 16 heavy (non-hydrogen) atoms. The highest BCUT2D eigenvalue weighted by Crippen LogP contribution is 1.95. The number of carbonyl (C=O) groups excluding carboxylic acids is 2. The molecule has 0 fully saturated rings. The lowest BCUT2D eigenvalue weighted by molar-refractivity contribution is -0.255. The Morgan fingerprint density at radius 1 is 1.12 bits per heavy atom. The van der Waals surface area contributed by atoms with Gasteiger partial charge in [-0.3, -0.25) is 9.68 Å². The van der Waals surface area contributed by atoms with Gasteiger partial charge in [0.25, 0.3) is 0 Å². The summed E-state index contributed by atoms with van der Waals surface area (Å²) >= 11 is 0. The van der Waals surface area contributed by atoms with Crippen LogP contribution in [0.2, 0.25) is 0 Å². The average Bonchev–Trinajstić information content (AvgIpc) is 2.25.